The van der Waals surface area contributed by atoms with Gasteiger partial charge in [0.1, 0.15) is 12.1 Å². The van der Waals surface area contributed by atoms with E-state index < -0.39 is 5.60 Å². The fraction of sp³-hybridized carbons (Fsp3) is 0.529. The fourth-order valence-corrected chi connectivity index (χ4v) is 1.87. The highest BCUT2D eigenvalue weighted by Gasteiger charge is 2.16. The second-order valence-corrected chi connectivity index (χ2v) is 5.94. The monoisotopic (exact) mass is 337 g/mol. The summed E-state index contributed by atoms with van der Waals surface area (Å²) in [6.45, 7) is 7.96. The van der Waals surface area contributed by atoms with Gasteiger partial charge in [-0.1, -0.05) is 0 Å². The molecule has 7 nitrogen and oxygen atoms in total. The molecule has 0 aliphatic carbocycles. The van der Waals surface area contributed by atoms with Crippen molar-refractivity contribution in [2.24, 2.45) is 4.99 Å². The predicted octanol–water partition coefficient (Wildman–Crippen LogP) is 2.42. The van der Waals surface area contributed by atoms with Gasteiger partial charge in [0.25, 0.3) is 0 Å². The van der Waals surface area contributed by atoms with Gasteiger partial charge >= 0.3 is 5.97 Å². The molecule has 1 aromatic rings. The molecule has 134 valence electrons. The molecule has 24 heavy (non-hydrogen) atoms. The van der Waals surface area contributed by atoms with Gasteiger partial charge in [-0.05, 0) is 39.8 Å². The maximum absolute atomic E-state index is 11.7. The van der Waals surface area contributed by atoms with Gasteiger partial charge in [-0.25, -0.2) is 0 Å². The summed E-state index contributed by atoms with van der Waals surface area (Å²) < 4.78 is 16.0. The van der Waals surface area contributed by atoms with Crippen LogP contribution in [-0.2, 0) is 9.53 Å². The summed E-state index contributed by atoms with van der Waals surface area (Å²) in [6.07, 6.45) is 0. The van der Waals surface area contributed by atoms with Crippen LogP contribution >= 0.6 is 0 Å². The Morgan fingerprint density at radius 1 is 1.25 bits per heavy atom. The van der Waals surface area contributed by atoms with Crippen LogP contribution in [0.3, 0.4) is 0 Å². The summed E-state index contributed by atoms with van der Waals surface area (Å²) in [7, 11) is 3.20. The average Bonchev–Trinajstić information content (AvgIpc) is 2.51. The third kappa shape index (κ3) is 6.76. The number of esters is 1. The van der Waals surface area contributed by atoms with E-state index in [9.17, 15) is 4.79 Å². The van der Waals surface area contributed by atoms with Crippen LogP contribution in [0.15, 0.2) is 23.2 Å². The third-order valence-corrected chi connectivity index (χ3v) is 2.77. The molecule has 0 unspecified atom stereocenters. The van der Waals surface area contributed by atoms with Crippen LogP contribution in [0.4, 0.5) is 5.69 Å². The number of ether oxygens (including phenoxy) is 3. The van der Waals surface area contributed by atoms with Crippen LogP contribution in [-0.4, -0.2) is 44.8 Å². The van der Waals surface area contributed by atoms with Crippen molar-refractivity contribution in [2.75, 3.05) is 32.6 Å². The Morgan fingerprint density at radius 2 is 1.96 bits per heavy atom. The molecule has 0 aliphatic heterocycles. The summed E-state index contributed by atoms with van der Waals surface area (Å²) in [5.74, 6) is 1.38. The molecule has 0 fully saturated rings. The van der Waals surface area contributed by atoms with Gasteiger partial charge in [-0.3, -0.25) is 9.79 Å². The van der Waals surface area contributed by atoms with E-state index in [4.69, 9.17) is 14.2 Å². The van der Waals surface area contributed by atoms with E-state index in [1.54, 1.807) is 20.2 Å². The molecule has 2 N–H and O–H groups in total. The molecule has 0 amide bonds. The first-order valence-electron chi connectivity index (χ1n) is 7.79. The molecule has 0 bridgehead atoms. The van der Waals surface area contributed by atoms with Crippen molar-refractivity contribution in [3.63, 3.8) is 0 Å². The van der Waals surface area contributed by atoms with Crippen molar-refractivity contribution in [1.29, 1.82) is 0 Å². The molecule has 1 rings (SSSR count). The number of nitrogens with one attached hydrogen (secondary N) is 2. The molecule has 0 atom stereocenters. The predicted molar refractivity (Wildman–Crippen MR) is 95.0 cm³/mol. The zero-order chi connectivity index (χ0) is 18.2. The Morgan fingerprint density at radius 3 is 2.50 bits per heavy atom. The Bertz CT molecular complexity index is 580. The average molecular weight is 337 g/mol. The standard InChI is InChI=1S/C17H27N3O4/c1-7-23-13-9-8-12(10-14(13)22-6)20-16(18-5)19-11-15(21)24-17(2,3)4/h8-10H,7,11H2,1-6H3,(H2,18,19,20). The summed E-state index contributed by atoms with van der Waals surface area (Å²) in [5.41, 5.74) is 0.241. The number of nitrogens with zero attached hydrogens (tertiary/aromatic N) is 1. The number of hydrogen-bond donors (Lipinski definition) is 2. The highest BCUT2D eigenvalue weighted by Crippen LogP contribution is 2.30. The number of benzene rings is 1. The first kappa shape index (κ1) is 19.6. The van der Waals surface area contributed by atoms with Crippen molar-refractivity contribution in [2.45, 2.75) is 33.3 Å². The lowest BCUT2D eigenvalue weighted by molar-refractivity contribution is -0.153. The van der Waals surface area contributed by atoms with Gasteiger partial charge in [0, 0.05) is 18.8 Å². The largest absolute Gasteiger partial charge is 0.493 e. The second-order valence-electron chi connectivity index (χ2n) is 5.94. The summed E-state index contributed by atoms with van der Waals surface area (Å²) in [4.78, 5) is 15.8. The molecule has 0 aliphatic rings. The number of aliphatic imine (C=N–C) groups is 1. The number of rotatable bonds is 6. The van der Waals surface area contributed by atoms with Crippen LogP contribution in [0, 0.1) is 0 Å². The van der Waals surface area contributed by atoms with Gasteiger partial charge in [0.05, 0.1) is 13.7 Å². The van der Waals surface area contributed by atoms with Crippen molar-refractivity contribution < 1.29 is 19.0 Å². The molecule has 0 saturated heterocycles. The van der Waals surface area contributed by atoms with E-state index in [2.05, 4.69) is 15.6 Å². The number of hydrogen-bond acceptors (Lipinski definition) is 5. The van der Waals surface area contributed by atoms with Crippen molar-refractivity contribution >= 4 is 17.6 Å². The second kappa shape index (κ2) is 9.00. The van der Waals surface area contributed by atoms with Crippen LogP contribution in [0.1, 0.15) is 27.7 Å². The van der Waals surface area contributed by atoms with E-state index in [1.165, 1.54) is 0 Å². The van der Waals surface area contributed by atoms with Crippen molar-refractivity contribution in [1.82, 2.24) is 5.32 Å². The van der Waals surface area contributed by atoms with E-state index in [-0.39, 0.29) is 12.5 Å². The van der Waals surface area contributed by atoms with E-state index in [1.807, 2.05) is 39.8 Å². The van der Waals surface area contributed by atoms with Crippen LogP contribution in [0.2, 0.25) is 0 Å². The highest BCUT2D eigenvalue weighted by molar-refractivity contribution is 5.95. The van der Waals surface area contributed by atoms with E-state index >= 15 is 0 Å². The molecule has 0 saturated carbocycles. The summed E-state index contributed by atoms with van der Waals surface area (Å²) in [6, 6.07) is 5.45. The summed E-state index contributed by atoms with van der Waals surface area (Å²) in [5, 5.41) is 6.00. The zero-order valence-electron chi connectivity index (χ0n) is 15.2. The minimum atomic E-state index is -0.516. The third-order valence-electron chi connectivity index (χ3n) is 2.77. The zero-order valence-corrected chi connectivity index (χ0v) is 15.2. The molecule has 0 radical (unpaired) electrons. The van der Waals surface area contributed by atoms with Crippen molar-refractivity contribution in [3.8, 4) is 11.5 Å². The number of guanidine groups is 1. The number of methoxy groups -OCH3 is 1. The lowest BCUT2D eigenvalue weighted by atomic mass is 10.2. The Balaban J connectivity index is 2.67. The topological polar surface area (TPSA) is 81.2 Å². The first-order chi connectivity index (χ1) is 11.3. The van der Waals surface area contributed by atoms with Crippen LogP contribution in [0.5, 0.6) is 11.5 Å². The number of carbonyl (C=O) groups excluding carboxylic acids is 1. The Kier molecular flexibility index (Phi) is 7.35. The minimum Gasteiger partial charge on any atom is -0.493 e. The van der Waals surface area contributed by atoms with Gasteiger partial charge in [-0.15, -0.1) is 0 Å². The van der Waals surface area contributed by atoms with Crippen LogP contribution < -0.4 is 20.1 Å². The maximum atomic E-state index is 11.7. The molecule has 0 heterocycles. The van der Waals surface area contributed by atoms with Gasteiger partial charge in [0.15, 0.2) is 17.5 Å². The number of carbonyl (C=O) groups is 1. The molecule has 0 aromatic heterocycles. The van der Waals surface area contributed by atoms with Crippen molar-refractivity contribution in [3.05, 3.63) is 18.2 Å². The Hall–Kier alpha value is -2.44. The number of anilines is 1. The van der Waals surface area contributed by atoms with E-state index in [0.29, 0.717) is 24.1 Å². The molecule has 7 heteroatoms. The van der Waals surface area contributed by atoms with Crippen LogP contribution in [0.25, 0.3) is 0 Å². The highest BCUT2D eigenvalue weighted by atomic mass is 16.6. The normalized spacial score (nSPS) is 11.7. The molecular formula is C17H27N3O4. The molecule has 0 spiro atoms. The quantitative estimate of drug-likeness (QED) is 0.471. The maximum Gasteiger partial charge on any atom is 0.325 e. The first-order valence-corrected chi connectivity index (χ1v) is 7.79. The lowest BCUT2D eigenvalue weighted by Crippen LogP contribution is -2.37. The SMILES string of the molecule is CCOc1ccc(NC(=NC)NCC(=O)OC(C)(C)C)cc1OC. The lowest BCUT2D eigenvalue weighted by Gasteiger charge is -2.20. The molecule has 1 aromatic carbocycles. The van der Waals surface area contributed by atoms with Gasteiger partial charge in [-0.2, -0.15) is 0 Å². The van der Waals surface area contributed by atoms with Gasteiger partial charge < -0.3 is 24.8 Å². The smallest absolute Gasteiger partial charge is 0.325 e. The molecular weight excluding hydrogens is 310 g/mol. The minimum absolute atomic E-state index is 0.0190. The van der Waals surface area contributed by atoms with E-state index in [0.717, 1.165) is 5.69 Å². The fourth-order valence-electron chi connectivity index (χ4n) is 1.87. The van der Waals surface area contributed by atoms with Gasteiger partial charge in [0.2, 0.25) is 0 Å². The Labute approximate surface area is 143 Å². The summed E-state index contributed by atoms with van der Waals surface area (Å²) >= 11 is 0.